The topological polar surface area (TPSA) is 37.3 Å². The van der Waals surface area contributed by atoms with Crippen LogP contribution in [0.3, 0.4) is 0 Å². The summed E-state index contributed by atoms with van der Waals surface area (Å²) in [7, 11) is 0. The first kappa shape index (κ1) is 11.5. The van der Waals surface area contributed by atoms with Crippen LogP contribution in [0.15, 0.2) is 29.1 Å². The lowest BCUT2D eigenvalue weighted by Crippen LogP contribution is -3.08. The third-order valence-corrected chi connectivity index (χ3v) is 3.96. The zero-order valence-corrected chi connectivity index (χ0v) is 10.8. The van der Waals surface area contributed by atoms with Gasteiger partial charge in [0.2, 0.25) is 0 Å². The Morgan fingerprint density at radius 2 is 1.94 bits per heavy atom. The monoisotopic (exact) mass is 243 g/mol. The molecule has 1 fully saturated rings. The van der Waals surface area contributed by atoms with E-state index in [1.54, 1.807) is 4.90 Å². The molecule has 18 heavy (non-hydrogen) atoms. The van der Waals surface area contributed by atoms with Gasteiger partial charge >= 0.3 is 0 Å². The summed E-state index contributed by atoms with van der Waals surface area (Å²) in [5.41, 5.74) is 3.14. The van der Waals surface area contributed by atoms with Gasteiger partial charge < -0.3 is 9.88 Å². The Bertz CT molecular complexity index is 624. The van der Waals surface area contributed by atoms with Crippen molar-refractivity contribution in [2.24, 2.45) is 0 Å². The molecule has 0 radical (unpaired) electrons. The summed E-state index contributed by atoms with van der Waals surface area (Å²) >= 11 is 0. The van der Waals surface area contributed by atoms with Crippen molar-refractivity contribution >= 4 is 10.9 Å². The summed E-state index contributed by atoms with van der Waals surface area (Å²) in [5.74, 6) is 0. The van der Waals surface area contributed by atoms with Gasteiger partial charge in [0.05, 0.1) is 18.7 Å². The van der Waals surface area contributed by atoms with E-state index in [0.717, 1.165) is 28.7 Å². The second-order valence-corrected chi connectivity index (χ2v) is 5.24. The molecule has 2 heterocycles. The van der Waals surface area contributed by atoms with Crippen molar-refractivity contribution in [2.75, 3.05) is 13.1 Å². The Morgan fingerprint density at radius 3 is 2.72 bits per heavy atom. The van der Waals surface area contributed by atoms with Crippen molar-refractivity contribution in [3.05, 3.63) is 45.7 Å². The molecule has 1 aliphatic rings. The van der Waals surface area contributed by atoms with Gasteiger partial charge in [0.25, 0.3) is 0 Å². The normalized spacial score (nSPS) is 16.5. The maximum atomic E-state index is 12.5. The minimum absolute atomic E-state index is 0.209. The highest BCUT2D eigenvalue weighted by molar-refractivity contribution is 5.79. The van der Waals surface area contributed by atoms with Crippen molar-refractivity contribution in [3.8, 4) is 0 Å². The molecule has 94 valence electrons. The average Bonchev–Trinajstić information content (AvgIpc) is 2.87. The maximum Gasteiger partial charge on any atom is 0.198 e. The molecule has 0 amide bonds. The Labute approximate surface area is 106 Å². The van der Waals surface area contributed by atoms with Crippen LogP contribution >= 0.6 is 0 Å². The number of fused-ring (bicyclic) bond motifs is 1. The van der Waals surface area contributed by atoms with Crippen molar-refractivity contribution < 1.29 is 4.90 Å². The minimum atomic E-state index is 0.209. The average molecular weight is 243 g/mol. The number of hydrogen-bond donors (Lipinski definition) is 2. The predicted octanol–water partition coefficient (Wildman–Crippen LogP) is 1.02. The predicted molar refractivity (Wildman–Crippen MR) is 72.9 cm³/mol. The molecular weight excluding hydrogens is 224 g/mol. The second kappa shape index (κ2) is 4.58. The fraction of sp³-hybridized carbons (Fsp3) is 0.400. The molecule has 0 bridgehead atoms. The van der Waals surface area contributed by atoms with Crippen LogP contribution in [0, 0.1) is 6.92 Å². The van der Waals surface area contributed by atoms with Crippen LogP contribution in [0.4, 0.5) is 0 Å². The van der Waals surface area contributed by atoms with Crippen molar-refractivity contribution in [2.45, 2.75) is 26.3 Å². The first-order chi connectivity index (χ1) is 8.75. The quantitative estimate of drug-likeness (QED) is 0.812. The fourth-order valence-electron chi connectivity index (χ4n) is 2.92. The molecule has 3 nitrogen and oxygen atoms in total. The van der Waals surface area contributed by atoms with Crippen molar-refractivity contribution in [3.63, 3.8) is 0 Å². The first-order valence-corrected chi connectivity index (χ1v) is 6.70. The molecule has 0 spiro atoms. The van der Waals surface area contributed by atoms with E-state index in [9.17, 15) is 4.79 Å². The summed E-state index contributed by atoms with van der Waals surface area (Å²) in [4.78, 5) is 17.4. The van der Waals surface area contributed by atoms with E-state index >= 15 is 0 Å². The number of rotatable bonds is 2. The second-order valence-electron chi connectivity index (χ2n) is 5.24. The zero-order chi connectivity index (χ0) is 12.5. The fourth-order valence-corrected chi connectivity index (χ4v) is 2.92. The van der Waals surface area contributed by atoms with Crippen LogP contribution in [-0.2, 0) is 6.54 Å². The Kier molecular flexibility index (Phi) is 2.92. The van der Waals surface area contributed by atoms with Crippen LogP contribution in [-0.4, -0.2) is 18.1 Å². The highest BCUT2D eigenvalue weighted by Crippen LogP contribution is 2.10. The van der Waals surface area contributed by atoms with E-state index in [-0.39, 0.29) is 5.43 Å². The molecule has 1 aromatic heterocycles. The van der Waals surface area contributed by atoms with Gasteiger partial charge in [-0.3, -0.25) is 4.79 Å². The Morgan fingerprint density at radius 1 is 1.22 bits per heavy atom. The molecule has 0 saturated carbocycles. The van der Waals surface area contributed by atoms with Crippen molar-refractivity contribution in [1.82, 2.24) is 4.98 Å². The van der Waals surface area contributed by atoms with E-state index in [1.807, 2.05) is 31.2 Å². The number of quaternary nitrogens is 1. The van der Waals surface area contributed by atoms with E-state index in [4.69, 9.17) is 0 Å². The minimum Gasteiger partial charge on any atom is -0.358 e. The Hall–Kier alpha value is -1.61. The number of likely N-dealkylation sites (tertiary alicyclic amines) is 1. The summed E-state index contributed by atoms with van der Waals surface area (Å²) in [5, 5.41) is 0.816. The number of aromatic amines is 1. The highest BCUT2D eigenvalue weighted by atomic mass is 16.1. The van der Waals surface area contributed by atoms with Gasteiger partial charge in [-0.2, -0.15) is 0 Å². The van der Waals surface area contributed by atoms with E-state index in [2.05, 4.69) is 4.98 Å². The van der Waals surface area contributed by atoms with Crippen molar-refractivity contribution in [1.29, 1.82) is 0 Å². The number of para-hydroxylation sites is 1. The van der Waals surface area contributed by atoms with E-state index in [1.165, 1.54) is 25.9 Å². The molecule has 1 aromatic carbocycles. The van der Waals surface area contributed by atoms with Crippen LogP contribution in [0.2, 0.25) is 0 Å². The van der Waals surface area contributed by atoms with Gasteiger partial charge in [-0.1, -0.05) is 12.1 Å². The SMILES string of the molecule is Cc1[nH]c2ccccc2c(=O)c1C[NH+]1CCCC1. The number of pyridine rings is 1. The smallest absolute Gasteiger partial charge is 0.198 e. The summed E-state index contributed by atoms with van der Waals surface area (Å²) < 4.78 is 0. The van der Waals surface area contributed by atoms with Crippen LogP contribution in [0.25, 0.3) is 10.9 Å². The number of nitrogens with one attached hydrogen (secondary N) is 2. The molecular formula is C15H19N2O+. The molecule has 0 aliphatic carbocycles. The molecule has 3 heteroatoms. The lowest BCUT2D eigenvalue weighted by Gasteiger charge is -2.14. The lowest BCUT2D eigenvalue weighted by molar-refractivity contribution is -0.901. The summed E-state index contributed by atoms with van der Waals surface area (Å²) in [6.07, 6.45) is 2.58. The van der Waals surface area contributed by atoms with Gasteiger partial charge in [0.15, 0.2) is 5.43 Å². The Balaban J connectivity index is 2.07. The summed E-state index contributed by atoms with van der Waals surface area (Å²) in [6, 6.07) is 7.77. The van der Waals surface area contributed by atoms with Crippen LogP contribution < -0.4 is 10.3 Å². The van der Waals surface area contributed by atoms with Crippen LogP contribution in [0.1, 0.15) is 24.1 Å². The molecule has 2 N–H and O–H groups in total. The number of aromatic nitrogens is 1. The van der Waals surface area contributed by atoms with E-state index in [0.29, 0.717) is 0 Å². The van der Waals surface area contributed by atoms with Gasteiger partial charge in [0, 0.05) is 29.4 Å². The third kappa shape index (κ3) is 1.95. The molecule has 0 atom stereocenters. The van der Waals surface area contributed by atoms with Crippen LogP contribution in [0.5, 0.6) is 0 Å². The number of hydrogen-bond acceptors (Lipinski definition) is 1. The van der Waals surface area contributed by atoms with E-state index < -0.39 is 0 Å². The zero-order valence-electron chi connectivity index (χ0n) is 10.8. The molecule has 1 saturated heterocycles. The highest BCUT2D eigenvalue weighted by Gasteiger charge is 2.19. The maximum absolute atomic E-state index is 12.5. The molecule has 2 aromatic rings. The molecule has 3 rings (SSSR count). The number of H-pyrrole nitrogens is 1. The van der Waals surface area contributed by atoms with Gasteiger partial charge in [0.1, 0.15) is 6.54 Å². The lowest BCUT2D eigenvalue weighted by atomic mass is 10.1. The van der Waals surface area contributed by atoms with Gasteiger partial charge in [-0.05, 0) is 19.1 Å². The standard InChI is InChI=1S/C15H18N2O/c1-11-13(10-17-8-4-5-9-17)15(18)12-6-2-3-7-14(12)16-11/h2-3,6-7H,4-5,8-10H2,1H3,(H,16,18)/p+1. The number of aryl methyl sites for hydroxylation is 1. The first-order valence-electron chi connectivity index (χ1n) is 6.70. The molecule has 1 aliphatic heterocycles. The number of benzene rings is 1. The molecule has 0 unspecified atom stereocenters. The third-order valence-electron chi connectivity index (χ3n) is 3.96. The van der Waals surface area contributed by atoms with Gasteiger partial charge in [-0.25, -0.2) is 0 Å². The summed E-state index contributed by atoms with van der Waals surface area (Å²) in [6.45, 7) is 5.28. The largest absolute Gasteiger partial charge is 0.358 e. The van der Waals surface area contributed by atoms with Gasteiger partial charge in [-0.15, -0.1) is 0 Å².